The van der Waals surface area contributed by atoms with Crippen molar-refractivity contribution in [1.82, 2.24) is 5.32 Å². The van der Waals surface area contributed by atoms with Gasteiger partial charge in [0.25, 0.3) is 0 Å². The summed E-state index contributed by atoms with van der Waals surface area (Å²) < 4.78 is 10.3. The monoisotopic (exact) mass is 219 g/mol. The van der Waals surface area contributed by atoms with Gasteiger partial charge in [-0.1, -0.05) is 0 Å². The number of nitrogens with one attached hydrogen (secondary N) is 1. The maximum Gasteiger partial charge on any atom is 0.323 e. The summed E-state index contributed by atoms with van der Waals surface area (Å²) in [6.07, 6.45) is 0.435. The Morgan fingerprint density at radius 1 is 1.33 bits per heavy atom. The number of hydrogen-bond acceptors (Lipinski definition) is 4. The van der Waals surface area contributed by atoms with E-state index >= 15 is 0 Å². The molecule has 1 atom stereocenters. The largest absolute Gasteiger partial charge is 0.480 e. The van der Waals surface area contributed by atoms with Crippen LogP contribution < -0.4 is 5.32 Å². The van der Waals surface area contributed by atoms with Crippen LogP contribution in [0.1, 0.15) is 20.3 Å². The molecule has 0 heterocycles. The van der Waals surface area contributed by atoms with E-state index in [-0.39, 0.29) is 0 Å². The van der Waals surface area contributed by atoms with Crippen molar-refractivity contribution in [3.05, 3.63) is 0 Å². The topological polar surface area (TPSA) is 67.8 Å². The Bertz CT molecular complexity index is 186. The van der Waals surface area contributed by atoms with Crippen LogP contribution in [0, 0.1) is 0 Å². The highest BCUT2D eigenvalue weighted by Gasteiger charge is 2.30. The quantitative estimate of drug-likeness (QED) is 0.552. The Morgan fingerprint density at radius 2 is 1.93 bits per heavy atom. The summed E-state index contributed by atoms with van der Waals surface area (Å²) in [4.78, 5) is 10.9. The average Bonchev–Trinajstić information content (AvgIpc) is 2.22. The van der Waals surface area contributed by atoms with Gasteiger partial charge in [0.1, 0.15) is 5.54 Å². The summed E-state index contributed by atoms with van der Waals surface area (Å²) in [5, 5.41) is 11.7. The molecule has 0 aliphatic heterocycles. The van der Waals surface area contributed by atoms with Crippen molar-refractivity contribution in [3.8, 4) is 0 Å². The van der Waals surface area contributed by atoms with E-state index in [2.05, 4.69) is 5.32 Å². The molecule has 0 aliphatic rings. The molecule has 15 heavy (non-hydrogen) atoms. The third-order valence-corrected chi connectivity index (χ3v) is 2.35. The van der Waals surface area contributed by atoms with E-state index in [0.717, 1.165) is 0 Å². The first-order chi connectivity index (χ1) is 7.06. The van der Waals surface area contributed by atoms with Crippen LogP contribution in [0.15, 0.2) is 0 Å². The van der Waals surface area contributed by atoms with Crippen molar-refractivity contribution in [2.24, 2.45) is 0 Å². The van der Waals surface area contributed by atoms with E-state index in [1.165, 1.54) is 0 Å². The maximum atomic E-state index is 10.9. The number of likely N-dealkylation sites (N-methyl/N-ethyl adjacent to an activating group) is 1. The lowest BCUT2D eigenvalue weighted by Gasteiger charge is -2.23. The predicted octanol–water partition coefficient (Wildman–Crippen LogP) is 0.492. The maximum absolute atomic E-state index is 10.9. The molecule has 0 bridgehead atoms. The van der Waals surface area contributed by atoms with Crippen LogP contribution in [0.4, 0.5) is 0 Å². The molecular formula is C10H21NO4. The van der Waals surface area contributed by atoms with E-state index in [1.54, 1.807) is 14.0 Å². The van der Waals surface area contributed by atoms with Gasteiger partial charge in [0.2, 0.25) is 0 Å². The van der Waals surface area contributed by atoms with Gasteiger partial charge in [0, 0.05) is 13.2 Å². The first-order valence-electron chi connectivity index (χ1n) is 5.14. The first kappa shape index (κ1) is 14.3. The normalized spacial score (nSPS) is 14.9. The van der Waals surface area contributed by atoms with Crippen LogP contribution in [0.3, 0.4) is 0 Å². The summed E-state index contributed by atoms with van der Waals surface area (Å²) in [6.45, 7) is 5.71. The molecule has 0 aromatic carbocycles. The minimum atomic E-state index is -0.911. The van der Waals surface area contributed by atoms with Crippen molar-refractivity contribution in [3.63, 3.8) is 0 Å². The molecule has 0 fully saturated rings. The van der Waals surface area contributed by atoms with Crippen LogP contribution >= 0.6 is 0 Å². The molecule has 5 nitrogen and oxygen atoms in total. The lowest BCUT2D eigenvalue weighted by atomic mass is 9.99. The molecule has 0 saturated carbocycles. The molecule has 0 aromatic rings. The van der Waals surface area contributed by atoms with E-state index in [1.807, 2.05) is 6.92 Å². The zero-order valence-corrected chi connectivity index (χ0v) is 9.71. The number of carbonyl (C=O) groups is 1. The summed E-state index contributed by atoms with van der Waals surface area (Å²) >= 11 is 0. The van der Waals surface area contributed by atoms with Gasteiger partial charge in [-0.2, -0.15) is 0 Å². The fraction of sp³-hybridized carbons (Fsp3) is 0.900. The Hall–Kier alpha value is -0.650. The standard InChI is InChI=1S/C10H21NO4/c1-4-14-7-8-15-6-5-10(2,11-3)9(12)13/h11H,4-8H2,1-3H3,(H,12,13). The molecule has 0 rings (SSSR count). The van der Waals surface area contributed by atoms with Gasteiger partial charge in [-0.15, -0.1) is 0 Å². The summed E-state index contributed by atoms with van der Waals surface area (Å²) in [6, 6.07) is 0. The van der Waals surface area contributed by atoms with Gasteiger partial charge in [0.05, 0.1) is 13.2 Å². The van der Waals surface area contributed by atoms with E-state index in [0.29, 0.717) is 32.8 Å². The van der Waals surface area contributed by atoms with Crippen molar-refractivity contribution < 1.29 is 19.4 Å². The fourth-order valence-electron chi connectivity index (χ4n) is 0.979. The highest BCUT2D eigenvalue weighted by atomic mass is 16.5. The Labute approximate surface area is 90.8 Å². The third kappa shape index (κ3) is 5.71. The second kappa shape index (κ2) is 7.62. The number of ether oxygens (including phenoxy) is 2. The zero-order chi connectivity index (χ0) is 11.7. The summed E-state index contributed by atoms with van der Waals surface area (Å²) in [5.74, 6) is -0.863. The summed E-state index contributed by atoms with van der Waals surface area (Å²) in [7, 11) is 1.63. The van der Waals surface area contributed by atoms with E-state index in [4.69, 9.17) is 14.6 Å². The molecule has 1 unspecified atom stereocenters. The van der Waals surface area contributed by atoms with Crippen LogP contribution in [-0.2, 0) is 14.3 Å². The summed E-state index contributed by atoms with van der Waals surface area (Å²) in [5.41, 5.74) is -0.911. The molecule has 2 N–H and O–H groups in total. The molecule has 0 radical (unpaired) electrons. The van der Waals surface area contributed by atoms with Gasteiger partial charge in [0.15, 0.2) is 0 Å². The second-order valence-corrected chi connectivity index (χ2v) is 3.45. The molecular weight excluding hydrogens is 198 g/mol. The number of aliphatic carboxylic acids is 1. The van der Waals surface area contributed by atoms with Gasteiger partial charge in [-0.3, -0.25) is 4.79 Å². The van der Waals surface area contributed by atoms with Crippen molar-refractivity contribution in [2.75, 3.05) is 33.5 Å². The minimum Gasteiger partial charge on any atom is -0.480 e. The third-order valence-electron chi connectivity index (χ3n) is 2.35. The number of hydrogen-bond donors (Lipinski definition) is 2. The van der Waals surface area contributed by atoms with E-state index < -0.39 is 11.5 Å². The van der Waals surface area contributed by atoms with Gasteiger partial charge >= 0.3 is 5.97 Å². The van der Waals surface area contributed by atoms with Crippen LogP contribution in [0.5, 0.6) is 0 Å². The SMILES string of the molecule is CCOCCOCCC(C)(NC)C(=O)O. The van der Waals surface area contributed by atoms with Crippen molar-refractivity contribution in [2.45, 2.75) is 25.8 Å². The fourth-order valence-corrected chi connectivity index (χ4v) is 0.979. The van der Waals surface area contributed by atoms with Gasteiger partial charge < -0.3 is 19.9 Å². The molecule has 90 valence electrons. The lowest BCUT2D eigenvalue weighted by molar-refractivity contribution is -0.144. The predicted molar refractivity (Wildman–Crippen MR) is 57.0 cm³/mol. The number of carboxylic acids is 1. The van der Waals surface area contributed by atoms with Crippen molar-refractivity contribution in [1.29, 1.82) is 0 Å². The smallest absolute Gasteiger partial charge is 0.323 e. The average molecular weight is 219 g/mol. The minimum absolute atomic E-state index is 0.413. The molecule has 0 aromatic heterocycles. The zero-order valence-electron chi connectivity index (χ0n) is 9.71. The van der Waals surface area contributed by atoms with Crippen molar-refractivity contribution >= 4 is 5.97 Å². The Kier molecular flexibility index (Phi) is 7.29. The number of rotatable bonds is 9. The second-order valence-electron chi connectivity index (χ2n) is 3.45. The Balaban J connectivity index is 3.60. The van der Waals surface area contributed by atoms with Gasteiger partial charge in [-0.05, 0) is 27.3 Å². The Morgan fingerprint density at radius 3 is 2.40 bits per heavy atom. The number of carboxylic acid groups (broad SMARTS) is 1. The highest BCUT2D eigenvalue weighted by Crippen LogP contribution is 2.08. The molecule has 0 aliphatic carbocycles. The molecule has 0 spiro atoms. The van der Waals surface area contributed by atoms with Crippen LogP contribution in [0.2, 0.25) is 0 Å². The van der Waals surface area contributed by atoms with E-state index in [9.17, 15) is 4.79 Å². The van der Waals surface area contributed by atoms with Crippen LogP contribution in [-0.4, -0.2) is 50.1 Å². The van der Waals surface area contributed by atoms with Crippen LogP contribution in [0.25, 0.3) is 0 Å². The molecule has 0 saturated heterocycles. The van der Waals surface area contributed by atoms with Gasteiger partial charge in [-0.25, -0.2) is 0 Å². The molecule has 0 amide bonds. The highest BCUT2D eigenvalue weighted by molar-refractivity contribution is 5.78. The molecule has 5 heteroatoms. The first-order valence-corrected chi connectivity index (χ1v) is 5.14. The lowest BCUT2D eigenvalue weighted by Crippen LogP contribution is -2.48.